The minimum Gasteiger partial charge on any atom is -0.395 e. The molecule has 5 nitrogen and oxygen atoms in total. The maximum Gasteiger partial charge on any atom is 0.273 e. The van der Waals surface area contributed by atoms with Gasteiger partial charge in [0.05, 0.1) is 6.61 Å². The average molecular weight is 283 g/mol. The number of hydrogen-bond acceptors (Lipinski definition) is 3. The van der Waals surface area contributed by atoms with E-state index in [1.165, 1.54) is 4.68 Å². The second-order valence-corrected chi connectivity index (χ2v) is 4.66. The number of aliphatic hydroxyl groups excluding tert-OH is 1. The lowest BCUT2D eigenvalue weighted by atomic mass is 10.1. The lowest BCUT2D eigenvalue weighted by molar-refractivity contribution is 0.101. The third-order valence-corrected chi connectivity index (χ3v) is 2.86. The van der Waals surface area contributed by atoms with Crippen molar-refractivity contribution < 1.29 is 9.90 Å². The van der Waals surface area contributed by atoms with Crippen molar-refractivity contribution in [2.45, 2.75) is 13.3 Å². The molecule has 0 fully saturated rings. The largest absolute Gasteiger partial charge is 0.395 e. The second kappa shape index (κ2) is 6.73. The van der Waals surface area contributed by atoms with Gasteiger partial charge in [-0.15, -0.1) is 0 Å². The Morgan fingerprint density at radius 2 is 2.24 bits per heavy atom. The van der Waals surface area contributed by atoms with Gasteiger partial charge >= 0.3 is 0 Å². The van der Waals surface area contributed by atoms with Crippen molar-refractivity contribution in [2.75, 3.05) is 11.9 Å². The molecule has 0 aliphatic rings. The Morgan fingerprint density at radius 3 is 2.90 bits per heavy atom. The molecule has 0 saturated carbocycles. The number of carbonyl (C=O) groups excluding carboxylic acids is 1. The highest BCUT2D eigenvalue weighted by Crippen LogP contribution is 2.15. The van der Waals surface area contributed by atoms with E-state index in [2.05, 4.69) is 22.3 Å². The van der Waals surface area contributed by atoms with Crippen LogP contribution in [0.3, 0.4) is 0 Å². The number of hydrogen-bond donors (Lipinski definition) is 2. The summed E-state index contributed by atoms with van der Waals surface area (Å²) in [5.41, 5.74) is 2.99. The number of aromatic nitrogens is 2. The molecule has 21 heavy (non-hydrogen) atoms. The predicted molar refractivity (Wildman–Crippen MR) is 80.9 cm³/mol. The Bertz CT molecular complexity index is 708. The van der Waals surface area contributed by atoms with Crippen LogP contribution < -0.4 is 5.32 Å². The van der Waals surface area contributed by atoms with Gasteiger partial charge in [0.1, 0.15) is 5.69 Å². The molecule has 0 aliphatic carbocycles. The van der Waals surface area contributed by atoms with E-state index in [-0.39, 0.29) is 12.5 Å². The maximum atomic E-state index is 12.1. The van der Waals surface area contributed by atoms with Crippen LogP contribution in [0.2, 0.25) is 0 Å². The minimum atomic E-state index is -0.213. The Labute approximate surface area is 123 Å². The van der Waals surface area contributed by atoms with E-state index in [4.69, 9.17) is 5.11 Å². The highest BCUT2D eigenvalue weighted by molar-refractivity contribution is 6.03. The highest BCUT2D eigenvalue weighted by atomic mass is 16.2. The molecule has 0 unspecified atom stereocenters. The maximum absolute atomic E-state index is 12.1. The number of nitrogens with zero attached hydrogens (tertiary/aromatic N) is 2. The number of amides is 1. The summed E-state index contributed by atoms with van der Waals surface area (Å²) >= 11 is 0. The van der Waals surface area contributed by atoms with Gasteiger partial charge < -0.3 is 10.4 Å². The zero-order valence-electron chi connectivity index (χ0n) is 12.1. The molecular weight excluding hydrogens is 266 g/mol. The van der Waals surface area contributed by atoms with Gasteiger partial charge in [-0.1, -0.05) is 11.8 Å². The van der Waals surface area contributed by atoms with E-state index in [0.717, 1.165) is 11.1 Å². The Morgan fingerprint density at radius 1 is 1.43 bits per heavy atom. The van der Waals surface area contributed by atoms with Gasteiger partial charge in [-0.2, -0.15) is 5.10 Å². The van der Waals surface area contributed by atoms with Crippen LogP contribution in [0.4, 0.5) is 5.69 Å². The van der Waals surface area contributed by atoms with Crippen LogP contribution in [-0.2, 0) is 7.05 Å². The SMILES string of the molecule is Cc1cc(C#CCCO)cc(NC(=O)c2ccnn2C)c1. The summed E-state index contributed by atoms with van der Waals surface area (Å²) < 4.78 is 1.52. The summed E-state index contributed by atoms with van der Waals surface area (Å²) in [6, 6.07) is 7.29. The first-order valence-electron chi connectivity index (χ1n) is 6.61. The first-order chi connectivity index (χ1) is 10.1. The Hall–Kier alpha value is -2.58. The zero-order valence-corrected chi connectivity index (χ0v) is 12.1. The lowest BCUT2D eigenvalue weighted by Gasteiger charge is -2.07. The van der Waals surface area contributed by atoms with Crippen LogP contribution >= 0.6 is 0 Å². The van der Waals surface area contributed by atoms with Gasteiger partial charge in [0.15, 0.2) is 0 Å². The topological polar surface area (TPSA) is 67.2 Å². The third-order valence-electron chi connectivity index (χ3n) is 2.86. The van der Waals surface area contributed by atoms with Crippen molar-refractivity contribution >= 4 is 11.6 Å². The van der Waals surface area contributed by atoms with E-state index in [9.17, 15) is 4.79 Å². The van der Waals surface area contributed by atoms with Crippen LogP contribution in [0.25, 0.3) is 0 Å². The van der Waals surface area contributed by atoms with Crippen molar-refractivity contribution in [1.29, 1.82) is 0 Å². The van der Waals surface area contributed by atoms with Crippen LogP contribution in [0, 0.1) is 18.8 Å². The molecule has 1 amide bonds. The molecule has 0 atom stereocenters. The summed E-state index contributed by atoms with van der Waals surface area (Å²) in [4.78, 5) is 12.1. The van der Waals surface area contributed by atoms with Crippen LogP contribution in [0.1, 0.15) is 28.0 Å². The first kappa shape index (κ1) is 14.8. The monoisotopic (exact) mass is 283 g/mol. The Kier molecular flexibility index (Phi) is 4.75. The van der Waals surface area contributed by atoms with Crippen molar-refractivity contribution in [1.82, 2.24) is 9.78 Å². The zero-order chi connectivity index (χ0) is 15.2. The molecule has 1 aromatic heterocycles. The number of anilines is 1. The van der Waals surface area contributed by atoms with E-state index in [0.29, 0.717) is 17.8 Å². The molecule has 0 saturated heterocycles. The van der Waals surface area contributed by atoms with Gasteiger partial charge in [-0.25, -0.2) is 0 Å². The fourth-order valence-corrected chi connectivity index (χ4v) is 1.94. The standard InChI is InChI=1S/C16H17N3O2/c1-12-9-13(5-3-4-8-20)11-14(10-12)18-16(21)15-6-7-17-19(15)2/h6-7,9-11,20H,4,8H2,1-2H3,(H,18,21). The molecular formula is C16H17N3O2. The smallest absolute Gasteiger partial charge is 0.273 e. The minimum absolute atomic E-state index is 0.0445. The van der Waals surface area contributed by atoms with Gasteiger partial charge in [0.25, 0.3) is 5.91 Å². The number of nitrogens with one attached hydrogen (secondary N) is 1. The molecule has 2 aromatic rings. The third kappa shape index (κ3) is 3.94. The van der Waals surface area contributed by atoms with Crippen molar-refractivity contribution in [2.24, 2.45) is 7.05 Å². The molecule has 0 aliphatic heterocycles. The molecule has 108 valence electrons. The molecule has 5 heteroatoms. The summed E-state index contributed by atoms with van der Waals surface area (Å²) in [6.45, 7) is 1.99. The number of carbonyl (C=O) groups is 1. The number of benzene rings is 1. The van der Waals surface area contributed by atoms with Crippen LogP contribution in [-0.4, -0.2) is 27.4 Å². The normalized spacial score (nSPS) is 9.86. The van der Waals surface area contributed by atoms with Crippen molar-refractivity contribution in [3.63, 3.8) is 0 Å². The summed E-state index contributed by atoms with van der Waals surface area (Å²) in [5.74, 6) is 5.62. The molecule has 0 bridgehead atoms. The van der Waals surface area contributed by atoms with Gasteiger partial charge in [-0.3, -0.25) is 9.48 Å². The second-order valence-electron chi connectivity index (χ2n) is 4.66. The molecule has 0 spiro atoms. The van der Waals surface area contributed by atoms with Crippen molar-refractivity contribution in [3.8, 4) is 11.8 Å². The number of aliphatic hydroxyl groups is 1. The molecule has 0 radical (unpaired) electrons. The van der Waals surface area contributed by atoms with Gasteiger partial charge in [0, 0.05) is 30.9 Å². The Balaban J connectivity index is 2.19. The quantitative estimate of drug-likeness (QED) is 0.843. The van der Waals surface area contributed by atoms with Gasteiger partial charge in [0.2, 0.25) is 0 Å². The van der Waals surface area contributed by atoms with E-state index in [1.54, 1.807) is 19.3 Å². The molecule has 2 rings (SSSR count). The summed E-state index contributed by atoms with van der Waals surface area (Å²) in [7, 11) is 1.72. The number of aryl methyl sites for hydroxylation is 2. The average Bonchev–Trinajstić information content (AvgIpc) is 2.85. The van der Waals surface area contributed by atoms with E-state index >= 15 is 0 Å². The lowest BCUT2D eigenvalue weighted by Crippen LogP contribution is -2.16. The predicted octanol–water partition coefficient (Wildman–Crippen LogP) is 1.71. The molecule has 1 heterocycles. The molecule has 2 N–H and O–H groups in total. The summed E-state index contributed by atoms with van der Waals surface area (Å²) in [6.07, 6.45) is 2.02. The van der Waals surface area contributed by atoms with Crippen molar-refractivity contribution in [3.05, 3.63) is 47.3 Å². The van der Waals surface area contributed by atoms with E-state index in [1.807, 2.05) is 25.1 Å². The van der Waals surface area contributed by atoms with E-state index < -0.39 is 0 Å². The highest BCUT2D eigenvalue weighted by Gasteiger charge is 2.10. The summed E-state index contributed by atoms with van der Waals surface area (Å²) in [5, 5.41) is 15.6. The first-order valence-corrected chi connectivity index (χ1v) is 6.61. The van der Waals surface area contributed by atoms with Gasteiger partial charge in [-0.05, 0) is 36.8 Å². The number of rotatable bonds is 3. The van der Waals surface area contributed by atoms with Crippen LogP contribution in [0.5, 0.6) is 0 Å². The fourth-order valence-electron chi connectivity index (χ4n) is 1.94. The van der Waals surface area contributed by atoms with Crippen LogP contribution in [0.15, 0.2) is 30.5 Å². The molecule has 1 aromatic carbocycles. The fraction of sp³-hybridized carbons (Fsp3) is 0.250.